The summed E-state index contributed by atoms with van der Waals surface area (Å²) >= 11 is 0. The molecule has 17 heavy (non-hydrogen) atoms. The Hall–Kier alpha value is -0.123. The van der Waals surface area contributed by atoms with Crippen LogP contribution in [0.5, 0.6) is 0 Å². The van der Waals surface area contributed by atoms with Crippen LogP contribution in [0.4, 0.5) is 0 Å². The predicted molar refractivity (Wildman–Crippen MR) is 77.8 cm³/mol. The van der Waals surface area contributed by atoms with Crippen LogP contribution in [0, 0.1) is 5.41 Å². The molecule has 102 valence electrons. The maximum atomic E-state index is 9.49. The molecule has 2 nitrogen and oxygen atoms in total. The van der Waals surface area contributed by atoms with Crippen molar-refractivity contribution in [3.05, 3.63) is 12.7 Å². The molecule has 0 aliphatic rings. The number of hydrogen-bond donors (Lipinski definition) is 1. The van der Waals surface area contributed by atoms with Crippen molar-refractivity contribution in [1.82, 2.24) is 0 Å². The summed E-state index contributed by atoms with van der Waals surface area (Å²) in [5.74, 6) is 0. The molecule has 0 amide bonds. The van der Waals surface area contributed by atoms with Crippen molar-refractivity contribution in [3.8, 4) is 0 Å². The highest BCUT2D eigenvalue weighted by molar-refractivity contribution is 6.74. The molecule has 0 radical (unpaired) electrons. The number of aliphatic hydroxyl groups is 1. The van der Waals surface area contributed by atoms with Crippen molar-refractivity contribution in [2.24, 2.45) is 5.41 Å². The van der Waals surface area contributed by atoms with E-state index < -0.39 is 8.32 Å². The van der Waals surface area contributed by atoms with Gasteiger partial charge in [0.25, 0.3) is 0 Å². The third-order valence-corrected chi connectivity index (χ3v) is 8.39. The van der Waals surface area contributed by atoms with E-state index in [-0.39, 0.29) is 23.2 Å². The van der Waals surface area contributed by atoms with Gasteiger partial charge in [-0.2, -0.15) is 0 Å². The van der Waals surface area contributed by atoms with Gasteiger partial charge in [-0.1, -0.05) is 40.7 Å². The first-order valence-corrected chi connectivity index (χ1v) is 9.28. The maximum Gasteiger partial charge on any atom is 0.192 e. The topological polar surface area (TPSA) is 29.5 Å². The van der Waals surface area contributed by atoms with Gasteiger partial charge in [-0.25, -0.2) is 0 Å². The second-order valence-corrected chi connectivity index (χ2v) is 11.8. The summed E-state index contributed by atoms with van der Waals surface area (Å²) in [7, 11) is -1.79. The molecule has 0 aliphatic carbocycles. The maximum absolute atomic E-state index is 9.49. The lowest BCUT2D eigenvalue weighted by atomic mass is 9.86. The van der Waals surface area contributed by atoms with Gasteiger partial charge in [-0.05, 0) is 24.6 Å². The van der Waals surface area contributed by atoms with E-state index in [1.807, 2.05) is 19.9 Å². The molecule has 0 aromatic carbocycles. The van der Waals surface area contributed by atoms with Crippen LogP contribution in [0.1, 0.15) is 41.0 Å². The van der Waals surface area contributed by atoms with Crippen molar-refractivity contribution in [3.63, 3.8) is 0 Å². The molecule has 0 aromatic heterocycles. The summed E-state index contributed by atoms with van der Waals surface area (Å²) in [5, 5.41) is 9.68. The van der Waals surface area contributed by atoms with Gasteiger partial charge in [0, 0.05) is 5.41 Å². The lowest BCUT2D eigenvalue weighted by Gasteiger charge is -2.43. The summed E-state index contributed by atoms with van der Waals surface area (Å²) in [6.07, 6.45) is 2.72. The molecule has 1 atom stereocenters. The smallest absolute Gasteiger partial charge is 0.192 e. The molecular formula is C14H30O2Si. The van der Waals surface area contributed by atoms with Crippen LogP contribution >= 0.6 is 0 Å². The summed E-state index contributed by atoms with van der Waals surface area (Å²) in [5.41, 5.74) is -0.219. The molecule has 0 fully saturated rings. The van der Waals surface area contributed by atoms with Crippen LogP contribution in [0.15, 0.2) is 12.7 Å². The lowest BCUT2D eigenvalue weighted by Crippen LogP contribution is -2.48. The Kier molecular flexibility index (Phi) is 5.64. The van der Waals surface area contributed by atoms with Gasteiger partial charge >= 0.3 is 0 Å². The third-order valence-electron chi connectivity index (χ3n) is 3.90. The molecule has 0 aliphatic heterocycles. The first kappa shape index (κ1) is 16.9. The van der Waals surface area contributed by atoms with Crippen LogP contribution in [0.3, 0.4) is 0 Å². The molecule has 0 aromatic rings. The molecule has 3 heteroatoms. The molecule has 0 saturated heterocycles. The summed E-state index contributed by atoms with van der Waals surface area (Å²) in [4.78, 5) is 0. The standard InChI is InChI=1S/C14H30O2Si/c1-9-10-12(14(5,6)11-15)16-17(7,8)13(2,3)4/h9,12,15H,1,10-11H2,2-8H3/t12-/m0/s1. The molecule has 0 rings (SSSR count). The number of aliphatic hydroxyl groups excluding tert-OH is 1. The second-order valence-electron chi connectivity index (χ2n) is 7.04. The first-order chi connectivity index (χ1) is 7.48. The minimum atomic E-state index is -1.79. The van der Waals surface area contributed by atoms with Crippen LogP contribution in [-0.2, 0) is 4.43 Å². The van der Waals surface area contributed by atoms with E-state index in [0.29, 0.717) is 0 Å². The fourth-order valence-corrected chi connectivity index (χ4v) is 2.79. The van der Waals surface area contributed by atoms with Gasteiger partial charge in [-0.15, -0.1) is 6.58 Å². The normalized spacial score (nSPS) is 15.8. The highest BCUT2D eigenvalue weighted by atomic mass is 28.4. The van der Waals surface area contributed by atoms with Crippen molar-refractivity contribution < 1.29 is 9.53 Å². The van der Waals surface area contributed by atoms with E-state index in [1.54, 1.807) is 0 Å². The van der Waals surface area contributed by atoms with Crippen molar-refractivity contribution in [2.45, 2.75) is 65.3 Å². The molecule has 0 spiro atoms. The van der Waals surface area contributed by atoms with E-state index in [9.17, 15) is 5.11 Å². The zero-order valence-corrected chi connectivity index (χ0v) is 13.6. The Morgan fingerprint density at radius 2 is 1.71 bits per heavy atom. The molecule has 0 heterocycles. The van der Waals surface area contributed by atoms with Gasteiger partial charge < -0.3 is 9.53 Å². The Labute approximate surface area is 108 Å². The minimum Gasteiger partial charge on any atom is -0.413 e. The molecule has 1 N–H and O–H groups in total. The Morgan fingerprint density at radius 1 is 1.24 bits per heavy atom. The van der Waals surface area contributed by atoms with E-state index >= 15 is 0 Å². The van der Waals surface area contributed by atoms with Crippen LogP contribution in [0.2, 0.25) is 18.1 Å². The van der Waals surface area contributed by atoms with Crippen LogP contribution in [0.25, 0.3) is 0 Å². The summed E-state index contributed by atoms with van der Waals surface area (Å²) in [6.45, 7) is 19.2. The number of rotatable bonds is 6. The summed E-state index contributed by atoms with van der Waals surface area (Å²) in [6, 6.07) is 0. The highest BCUT2D eigenvalue weighted by Crippen LogP contribution is 2.40. The van der Waals surface area contributed by atoms with Crippen LogP contribution in [-0.4, -0.2) is 26.1 Å². The molecule has 0 saturated carbocycles. The molecular weight excluding hydrogens is 228 g/mol. The second kappa shape index (κ2) is 5.68. The fourth-order valence-electron chi connectivity index (χ4n) is 1.31. The van der Waals surface area contributed by atoms with Gasteiger partial charge in [0.15, 0.2) is 8.32 Å². The Morgan fingerprint density at radius 3 is 2.00 bits per heavy atom. The monoisotopic (exact) mass is 258 g/mol. The Bertz CT molecular complexity index is 251. The Balaban J connectivity index is 4.95. The largest absolute Gasteiger partial charge is 0.413 e. The first-order valence-electron chi connectivity index (χ1n) is 6.37. The summed E-state index contributed by atoms with van der Waals surface area (Å²) < 4.78 is 6.41. The number of hydrogen-bond acceptors (Lipinski definition) is 2. The molecule has 0 unspecified atom stereocenters. The van der Waals surface area contributed by atoms with Gasteiger partial charge in [-0.3, -0.25) is 0 Å². The fraction of sp³-hybridized carbons (Fsp3) is 0.857. The van der Waals surface area contributed by atoms with E-state index in [4.69, 9.17) is 4.43 Å². The lowest BCUT2D eigenvalue weighted by molar-refractivity contribution is 0.0182. The van der Waals surface area contributed by atoms with Gasteiger partial charge in [0.2, 0.25) is 0 Å². The van der Waals surface area contributed by atoms with Crippen LogP contribution < -0.4 is 0 Å². The van der Waals surface area contributed by atoms with Crippen molar-refractivity contribution in [2.75, 3.05) is 6.61 Å². The zero-order chi connectivity index (χ0) is 13.9. The quantitative estimate of drug-likeness (QED) is 0.577. The van der Waals surface area contributed by atoms with Crippen molar-refractivity contribution in [1.29, 1.82) is 0 Å². The van der Waals surface area contributed by atoms with E-state index in [2.05, 4.69) is 40.4 Å². The highest BCUT2D eigenvalue weighted by Gasteiger charge is 2.42. The predicted octanol–water partition coefficient (Wildman–Crippen LogP) is 3.97. The molecule has 0 bridgehead atoms. The zero-order valence-electron chi connectivity index (χ0n) is 12.6. The van der Waals surface area contributed by atoms with E-state index in [0.717, 1.165) is 6.42 Å². The minimum absolute atomic E-state index is 0.0471. The average Bonchev–Trinajstić information content (AvgIpc) is 2.15. The van der Waals surface area contributed by atoms with Gasteiger partial charge in [0.1, 0.15) is 0 Å². The van der Waals surface area contributed by atoms with Gasteiger partial charge in [0.05, 0.1) is 12.7 Å². The third kappa shape index (κ3) is 4.57. The van der Waals surface area contributed by atoms with Crippen molar-refractivity contribution >= 4 is 8.32 Å². The average molecular weight is 258 g/mol. The van der Waals surface area contributed by atoms with E-state index in [1.165, 1.54) is 0 Å². The SMILES string of the molecule is C=CC[C@H](O[Si](C)(C)C(C)(C)C)C(C)(C)CO.